The molecule has 1 rings (SSSR count). The van der Waals surface area contributed by atoms with Gasteiger partial charge in [-0.3, -0.25) is 10.1 Å². The predicted octanol–water partition coefficient (Wildman–Crippen LogP) is 5.99. The zero-order valence-corrected chi connectivity index (χ0v) is 15.2. The minimum atomic E-state index is -5.84. The quantitative estimate of drug-likeness (QED) is 0.471. The summed E-state index contributed by atoms with van der Waals surface area (Å²) in [7, 11) is 0. The van der Waals surface area contributed by atoms with Gasteiger partial charge in [0.25, 0.3) is 0 Å². The van der Waals surface area contributed by atoms with Crippen LogP contribution in [0, 0.1) is 5.82 Å². The maximum atomic E-state index is 14.4. The number of alkyl halides is 5. The van der Waals surface area contributed by atoms with Crippen molar-refractivity contribution in [2.45, 2.75) is 51.3 Å². The van der Waals surface area contributed by atoms with E-state index in [9.17, 15) is 35.9 Å². The van der Waals surface area contributed by atoms with Gasteiger partial charge in [-0.1, -0.05) is 11.6 Å². The molecule has 11 heteroatoms. The average molecular weight is 420 g/mol. The van der Waals surface area contributed by atoms with Gasteiger partial charge in [0, 0.05) is 12.8 Å². The SMILES string of the molecule is CC(C)(C)OC(=O)Nc1ccc(Cl)c(C(=O)CCC(F)(F)C(F)(F)F)c1F. The van der Waals surface area contributed by atoms with E-state index in [1.165, 1.54) is 0 Å². The van der Waals surface area contributed by atoms with Gasteiger partial charge in [0.1, 0.15) is 5.60 Å². The molecule has 1 N–H and O–H groups in total. The second-order valence-corrected chi connectivity index (χ2v) is 6.94. The van der Waals surface area contributed by atoms with Crippen molar-refractivity contribution in [2.75, 3.05) is 5.32 Å². The Kier molecular flexibility index (Phi) is 6.80. The molecule has 0 saturated carbocycles. The normalized spacial score (nSPS) is 12.7. The Morgan fingerprint density at radius 1 is 1.11 bits per heavy atom. The minimum Gasteiger partial charge on any atom is -0.444 e. The summed E-state index contributed by atoms with van der Waals surface area (Å²) in [6, 6.07) is 1.98. The topological polar surface area (TPSA) is 55.4 Å². The van der Waals surface area contributed by atoms with Gasteiger partial charge in [-0.15, -0.1) is 0 Å². The molecular formula is C16H16ClF6NO3. The number of hydrogen-bond acceptors (Lipinski definition) is 3. The first-order valence-electron chi connectivity index (χ1n) is 7.51. The van der Waals surface area contributed by atoms with Crippen LogP contribution in [0.2, 0.25) is 5.02 Å². The lowest BCUT2D eigenvalue weighted by Gasteiger charge is -2.20. The molecule has 0 aliphatic heterocycles. The number of rotatable bonds is 5. The largest absolute Gasteiger partial charge is 0.453 e. The molecule has 0 heterocycles. The van der Waals surface area contributed by atoms with E-state index in [0.29, 0.717) is 0 Å². The van der Waals surface area contributed by atoms with Crippen molar-refractivity contribution in [3.05, 3.63) is 28.5 Å². The lowest BCUT2D eigenvalue weighted by atomic mass is 10.0. The maximum absolute atomic E-state index is 14.4. The Balaban J connectivity index is 3.02. The van der Waals surface area contributed by atoms with Crippen LogP contribution in [0.5, 0.6) is 0 Å². The van der Waals surface area contributed by atoms with Crippen molar-refractivity contribution in [2.24, 2.45) is 0 Å². The first-order valence-corrected chi connectivity index (χ1v) is 7.89. The maximum Gasteiger partial charge on any atom is 0.453 e. The first-order chi connectivity index (χ1) is 12.0. The molecule has 0 atom stereocenters. The molecule has 0 aliphatic rings. The Morgan fingerprint density at radius 3 is 2.15 bits per heavy atom. The van der Waals surface area contributed by atoms with E-state index in [-0.39, 0.29) is 0 Å². The third-order valence-corrected chi connectivity index (χ3v) is 3.40. The van der Waals surface area contributed by atoms with E-state index in [4.69, 9.17) is 16.3 Å². The molecule has 0 spiro atoms. The number of ketones is 1. The van der Waals surface area contributed by atoms with Crippen LogP contribution >= 0.6 is 11.6 Å². The summed E-state index contributed by atoms with van der Waals surface area (Å²) >= 11 is 5.66. The van der Waals surface area contributed by atoms with Crippen molar-refractivity contribution < 1.29 is 40.7 Å². The number of anilines is 1. The van der Waals surface area contributed by atoms with Gasteiger partial charge in [-0.25, -0.2) is 9.18 Å². The lowest BCUT2D eigenvalue weighted by molar-refractivity contribution is -0.283. The number of Topliss-reactive ketones (excluding diaryl/α,β-unsaturated/α-hetero) is 1. The number of nitrogens with one attached hydrogen (secondary N) is 1. The molecule has 152 valence electrons. The van der Waals surface area contributed by atoms with Crippen molar-refractivity contribution in [1.82, 2.24) is 0 Å². The van der Waals surface area contributed by atoms with Crippen LogP contribution < -0.4 is 5.32 Å². The molecule has 27 heavy (non-hydrogen) atoms. The zero-order chi connectivity index (χ0) is 21.2. The van der Waals surface area contributed by atoms with Crippen molar-refractivity contribution in [1.29, 1.82) is 0 Å². The Hall–Kier alpha value is -1.97. The summed E-state index contributed by atoms with van der Waals surface area (Å²) in [4.78, 5) is 23.6. The second kappa shape index (κ2) is 7.95. The number of carbonyl (C=O) groups excluding carboxylic acids is 2. The molecular weight excluding hydrogens is 404 g/mol. The number of benzene rings is 1. The summed E-state index contributed by atoms with van der Waals surface area (Å²) in [5.41, 5.74) is -2.35. The van der Waals surface area contributed by atoms with E-state index in [2.05, 4.69) is 0 Å². The predicted molar refractivity (Wildman–Crippen MR) is 85.8 cm³/mol. The van der Waals surface area contributed by atoms with Gasteiger partial charge >= 0.3 is 18.2 Å². The molecule has 0 bridgehead atoms. The first kappa shape index (κ1) is 23.1. The van der Waals surface area contributed by atoms with Gasteiger partial charge in [-0.2, -0.15) is 22.0 Å². The summed E-state index contributed by atoms with van der Waals surface area (Å²) in [5.74, 6) is -7.85. The number of ether oxygens (including phenoxy) is 1. The molecule has 1 aromatic carbocycles. The van der Waals surface area contributed by atoms with Crippen LogP contribution in [0.3, 0.4) is 0 Å². The molecule has 0 fully saturated rings. The van der Waals surface area contributed by atoms with Crippen LogP contribution in [-0.4, -0.2) is 29.6 Å². The lowest BCUT2D eigenvalue weighted by Crippen LogP contribution is -2.36. The van der Waals surface area contributed by atoms with E-state index in [1.54, 1.807) is 20.8 Å². The standard InChI is InChI=1S/C16H16ClF6NO3/c1-14(2,3)27-13(26)24-9-5-4-8(17)11(12(9)18)10(25)6-7-15(19,20)16(21,22)23/h4-5H,6-7H2,1-3H3,(H,24,26). The van der Waals surface area contributed by atoms with E-state index in [0.717, 1.165) is 12.1 Å². The highest BCUT2D eigenvalue weighted by Gasteiger charge is 2.56. The molecule has 1 amide bonds. The zero-order valence-electron chi connectivity index (χ0n) is 14.4. The highest BCUT2D eigenvalue weighted by Crippen LogP contribution is 2.39. The summed E-state index contributed by atoms with van der Waals surface area (Å²) in [6.45, 7) is 4.63. The second-order valence-electron chi connectivity index (χ2n) is 6.54. The van der Waals surface area contributed by atoms with Gasteiger partial charge < -0.3 is 4.74 Å². The van der Waals surface area contributed by atoms with E-state index in [1.807, 2.05) is 5.32 Å². The molecule has 0 aliphatic carbocycles. The fourth-order valence-corrected chi connectivity index (χ4v) is 2.11. The van der Waals surface area contributed by atoms with Crippen LogP contribution in [0.15, 0.2) is 12.1 Å². The number of halogens is 7. The molecule has 4 nitrogen and oxygen atoms in total. The van der Waals surface area contributed by atoms with Crippen molar-refractivity contribution in [3.63, 3.8) is 0 Å². The van der Waals surface area contributed by atoms with E-state index >= 15 is 0 Å². The number of amides is 1. The molecule has 0 radical (unpaired) electrons. The molecule has 0 saturated heterocycles. The minimum absolute atomic E-state index is 0.498. The van der Waals surface area contributed by atoms with Crippen molar-refractivity contribution >= 4 is 29.2 Å². The van der Waals surface area contributed by atoms with Gasteiger partial charge in [0.2, 0.25) is 0 Å². The summed E-state index contributed by atoms with van der Waals surface area (Å²) in [5, 5.41) is 1.51. The van der Waals surface area contributed by atoms with Crippen molar-refractivity contribution in [3.8, 4) is 0 Å². The Morgan fingerprint density at radius 2 is 1.67 bits per heavy atom. The van der Waals surface area contributed by atoms with E-state index < -0.39 is 64.5 Å². The smallest absolute Gasteiger partial charge is 0.444 e. The van der Waals surface area contributed by atoms with Gasteiger partial charge in [0.15, 0.2) is 11.6 Å². The fraction of sp³-hybridized carbons (Fsp3) is 0.500. The molecule has 0 aromatic heterocycles. The summed E-state index contributed by atoms with van der Waals surface area (Å²) < 4.78 is 81.7. The van der Waals surface area contributed by atoms with Crippen LogP contribution in [0.1, 0.15) is 44.0 Å². The fourth-order valence-electron chi connectivity index (χ4n) is 1.86. The average Bonchev–Trinajstić information content (AvgIpc) is 2.45. The number of carbonyl (C=O) groups is 2. The third-order valence-electron chi connectivity index (χ3n) is 3.09. The Bertz CT molecular complexity index is 728. The third kappa shape index (κ3) is 6.30. The monoisotopic (exact) mass is 419 g/mol. The highest BCUT2D eigenvalue weighted by atomic mass is 35.5. The summed E-state index contributed by atoms with van der Waals surface area (Å²) in [6.07, 6.45) is -10.1. The highest BCUT2D eigenvalue weighted by molar-refractivity contribution is 6.34. The van der Waals surface area contributed by atoms with Crippen LogP contribution in [-0.2, 0) is 4.74 Å². The molecule has 1 aromatic rings. The molecule has 0 unspecified atom stereocenters. The van der Waals surface area contributed by atoms with Gasteiger partial charge in [-0.05, 0) is 32.9 Å². The van der Waals surface area contributed by atoms with Crippen LogP contribution in [0.4, 0.5) is 36.8 Å². The van der Waals surface area contributed by atoms with Gasteiger partial charge in [0.05, 0.1) is 16.3 Å². The number of hydrogen-bond donors (Lipinski definition) is 1. The Labute approximate surface area is 155 Å². The van der Waals surface area contributed by atoms with Crippen LogP contribution in [0.25, 0.3) is 0 Å².